The fourth-order valence-corrected chi connectivity index (χ4v) is 2.25. The summed E-state index contributed by atoms with van der Waals surface area (Å²) in [5.74, 6) is 0.568. The van der Waals surface area contributed by atoms with Gasteiger partial charge in [-0.2, -0.15) is 5.26 Å². The summed E-state index contributed by atoms with van der Waals surface area (Å²) in [6.07, 6.45) is 0. The summed E-state index contributed by atoms with van der Waals surface area (Å²) in [4.78, 5) is 12.3. The molecule has 0 saturated heterocycles. The van der Waals surface area contributed by atoms with E-state index in [9.17, 15) is 4.79 Å². The van der Waals surface area contributed by atoms with Crippen molar-refractivity contribution in [1.29, 1.82) is 5.26 Å². The molecule has 0 spiro atoms. The van der Waals surface area contributed by atoms with Crippen molar-refractivity contribution >= 4 is 5.91 Å². The van der Waals surface area contributed by atoms with Crippen LogP contribution in [0.3, 0.4) is 0 Å². The number of carbonyl (C=O) groups is 1. The second-order valence-electron chi connectivity index (χ2n) is 5.13. The Morgan fingerprint density at radius 2 is 1.91 bits per heavy atom. The molecule has 0 fully saturated rings. The van der Waals surface area contributed by atoms with E-state index in [2.05, 4.69) is 5.32 Å². The first-order valence-electron chi connectivity index (χ1n) is 7.00. The molecule has 4 nitrogen and oxygen atoms in total. The molecule has 0 bridgehead atoms. The first-order chi connectivity index (χ1) is 10.5. The van der Waals surface area contributed by atoms with Crippen molar-refractivity contribution in [2.24, 2.45) is 0 Å². The highest BCUT2D eigenvalue weighted by Crippen LogP contribution is 2.26. The Balaban J connectivity index is 2.17. The topological polar surface area (TPSA) is 62.1 Å². The average molecular weight is 294 g/mol. The van der Waals surface area contributed by atoms with Crippen LogP contribution in [0.15, 0.2) is 42.5 Å². The second kappa shape index (κ2) is 6.77. The molecule has 4 heteroatoms. The standard InChI is InChI=1S/C18H18N2O2/c1-12-4-9-17(22-3)16(10-12)13(2)20-18(21)15-7-5-14(11-19)6-8-15/h4-10,13H,1-3H3,(H,20,21)/t13-/m1/s1. The Bertz CT molecular complexity index is 715. The van der Waals surface area contributed by atoms with Crippen LogP contribution < -0.4 is 10.1 Å². The van der Waals surface area contributed by atoms with Gasteiger partial charge in [0.1, 0.15) is 5.75 Å². The summed E-state index contributed by atoms with van der Waals surface area (Å²) in [7, 11) is 1.61. The molecule has 0 unspecified atom stereocenters. The lowest BCUT2D eigenvalue weighted by Gasteiger charge is -2.18. The van der Waals surface area contributed by atoms with E-state index < -0.39 is 0 Å². The number of aryl methyl sites for hydroxylation is 1. The molecule has 2 aromatic rings. The summed E-state index contributed by atoms with van der Waals surface area (Å²) in [6, 6.07) is 14.3. The molecule has 0 saturated carbocycles. The highest BCUT2D eigenvalue weighted by molar-refractivity contribution is 5.94. The summed E-state index contributed by atoms with van der Waals surface area (Å²) in [5.41, 5.74) is 3.10. The Morgan fingerprint density at radius 1 is 1.23 bits per heavy atom. The molecule has 112 valence electrons. The predicted molar refractivity (Wildman–Crippen MR) is 84.8 cm³/mol. The molecule has 2 rings (SSSR count). The maximum atomic E-state index is 12.3. The van der Waals surface area contributed by atoms with Gasteiger partial charge in [-0.1, -0.05) is 17.7 Å². The number of benzene rings is 2. The Hall–Kier alpha value is -2.80. The minimum atomic E-state index is -0.182. The zero-order valence-electron chi connectivity index (χ0n) is 12.9. The number of carbonyl (C=O) groups excluding carboxylic acids is 1. The van der Waals surface area contributed by atoms with Crippen molar-refractivity contribution in [3.8, 4) is 11.8 Å². The molecular formula is C18H18N2O2. The van der Waals surface area contributed by atoms with Crippen molar-refractivity contribution in [3.63, 3.8) is 0 Å². The smallest absolute Gasteiger partial charge is 0.251 e. The molecule has 0 aliphatic rings. The van der Waals surface area contributed by atoms with Gasteiger partial charge >= 0.3 is 0 Å². The minimum Gasteiger partial charge on any atom is -0.496 e. The fraction of sp³-hybridized carbons (Fsp3) is 0.222. The number of methoxy groups -OCH3 is 1. The number of nitriles is 1. The number of rotatable bonds is 4. The van der Waals surface area contributed by atoms with Crippen molar-refractivity contribution in [3.05, 3.63) is 64.7 Å². The van der Waals surface area contributed by atoms with Gasteiger partial charge in [-0.3, -0.25) is 4.79 Å². The third-order valence-corrected chi connectivity index (χ3v) is 3.48. The van der Waals surface area contributed by atoms with Crippen molar-refractivity contribution < 1.29 is 9.53 Å². The zero-order chi connectivity index (χ0) is 16.1. The summed E-state index contributed by atoms with van der Waals surface area (Å²) in [5, 5.41) is 11.7. The zero-order valence-corrected chi connectivity index (χ0v) is 12.9. The average Bonchev–Trinajstić information content (AvgIpc) is 2.54. The predicted octanol–water partition coefficient (Wildman–Crippen LogP) is 3.37. The lowest BCUT2D eigenvalue weighted by Crippen LogP contribution is -2.27. The molecule has 1 amide bonds. The molecule has 1 N–H and O–H groups in total. The van der Waals surface area contributed by atoms with Crippen LogP contribution in [0.25, 0.3) is 0 Å². The third-order valence-electron chi connectivity index (χ3n) is 3.48. The van der Waals surface area contributed by atoms with Crippen LogP contribution in [-0.4, -0.2) is 13.0 Å². The van der Waals surface area contributed by atoms with Gasteiger partial charge in [0.15, 0.2) is 0 Å². The fourth-order valence-electron chi connectivity index (χ4n) is 2.25. The van der Waals surface area contributed by atoms with E-state index in [-0.39, 0.29) is 11.9 Å². The largest absolute Gasteiger partial charge is 0.496 e. The SMILES string of the molecule is COc1ccc(C)cc1[C@@H](C)NC(=O)c1ccc(C#N)cc1. The van der Waals surface area contributed by atoms with Gasteiger partial charge in [-0.05, 0) is 44.2 Å². The molecule has 2 aromatic carbocycles. The highest BCUT2D eigenvalue weighted by atomic mass is 16.5. The number of hydrogen-bond donors (Lipinski definition) is 1. The van der Waals surface area contributed by atoms with Crippen LogP contribution in [0.2, 0.25) is 0 Å². The number of ether oxygens (including phenoxy) is 1. The lowest BCUT2D eigenvalue weighted by molar-refractivity contribution is 0.0939. The monoisotopic (exact) mass is 294 g/mol. The molecule has 1 atom stereocenters. The number of amides is 1. The first kappa shape index (κ1) is 15.6. The van der Waals surface area contributed by atoms with Gasteiger partial charge in [-0.25, -0.2) is 0 Å². The second-order valence-corrected chi connectivity index (χ2v) is 5.13. The van der Waals surface area contributed by atoms with Crippen LogP contribution in [0.4, 0.5) is 0 Å². The van der Waals surface area contributed by atoms with Crippen LogP contribution in [0, 0.1) is 18.3 Å². The number of nitrogens with zero attached hydrogens (tertiary/aromatic N) is 1. The van der Waals surface area contributed by atoms with Gasteiger partial charge in [0.05, 0.1) is 24.8 Å². The number of hydrogen-bond acceptors (Lipinski definition) is 3. The van der Waals surface area contributed by atoms with E-state index in [1.54, 1.807) is 31.4 Å². The summed E-state index contributed by atoms with van der Waals surface area (Å²) < 4.78 is 5.35. The highest BCUT2D eigenvalue weighted by Gasteiger charge is 2.15. The molecule has 0 aromatic heterocycles. The Morgan fingerprint density at radius 3 is 2.50 bits per heavy atom. The van der Waals surface area contributed by atoms with E-state index >= 15 is 0 Å². The normalized spacial score (nSPS) is 11.4. The summed E-state index contributed by atoms with van der Waals surface area (Å²) in [6.45, 7) is 3.91. The van der Waals surface area contributed by atoms with Gasteiger partial charge in [0.2, 0.25) is 0 Å². The van der Waals surface area contributed by atoms with E-state index in [4.69, 9.17) is 10.00 Å². The van der Waals surface area contributed by atoms with Crippen LogP contribution in [0.5, 0.6) is 5.75 Å². The van der Waals surface area contributed by atoms with Gasteiger partial charge in [-0.15, -0.1) is 0 Å². The number of nitrogens with one attached hydrogen (secondary N) is 1. The van der Waals surface area contributed by atoms with E-state index in [1.165, 1.54) is 0 Å². The molecule has 0 aliphatic carbocycles. The third kappa shape index (κ3) is 3.44. The maximum absolute atomic E-state index is 12.3. The first-order valence-corrected chi connectivity index (χ1v) is 7.00. The Kier molecular flexibility index (Phi) is 4.80. The van der Waals surface area contributed by atoms with Crippen molar-refractivity contribution in [2.75, 3.05) is 7.11 Å². The molecule has 22 heavy (non-hydrogen) atoms. The lowest BCUT2D eigenvalue weighted by atomic mass is 10.0. The van der Waals surface area contributed by atoms with Crippen molar-refractivity contribution in [1.82, 2.24) is 5.32 Å². The van der Waals surface area contributed by atoms with Crippen LogP contribution in [-0.2, 0) is 0 Å². The molecule has 0 heterocycles. The quantitative estimate of drug-likeness (QED) is 0.940. The molecule has 0 aliphatic heterocycles. The Labute approximate surface area is 130 Å². The maximum Gasteiger partial charge on any atom is 0.251 e. The molecule has 0 radical (unpaired) electrons. The van der Waals surface area contributed by atoms with E-state index in [1.807, 2.05) is 38.1 Å². The molecular weight excluding hydrogens is 276 g/mol. The summed E-state index contributed by atoms with van der Waals surface area (Å²) >= 11 is 0. The van der Waals surface area contributed by atoms with E-state index in [0.29, 0.717) is 11.1 Å². The van der Waals surface area contributed by atoms with Crippen LogP contribution >= 0.6 is 0 Å². The minimum absolute atomic E-state index is 0.180. The van der Waals surface area contributed by atoms with Crippen molar-refractivity contribution in [2.45, 2.75) is 19.9 Å². The van der Waals surface area contributed by atoms with Crippen LogP contribution in [0.1, 0.15) is 40.0 Å². The van der Waals surface area contributed by atoms with Gasteiger partial charge in [0.25, 0.3) is 5.91 Å². The van der Waals surface area contributed by atoms with Gasteiger partial charge < -0.3 is 10.1 Å². The van der Waals surface area contributed by atoms with E-state index in [0.717, 1.165) is 16.9 Å². The van der Waals surface area contributed by atoms with Gasteiger partial charge in [0, 0.05) is 11.1 Å².